The highest BCUT2D eigenvalue weighted by atomic mass is 79.9. The number of hydrogen-bond donors (Lipinski definition) is 1. The number of fused-ring (bicyclic) bond motifs is 1. The zero-order valence-corrected chi connectivity index (χ0v) is 17.7. The number of hydrogen-bond acceptors (Lipinski definition) is 6. The maximum Gasteiger partial charge on any atom is 0.263 e. The van der Waals surface area contributed by atoms with Gasteiger partial charge in [0.2, 0.25) is 5.91 Å². The predicted molar refractivity (Wildman–Crippen MR) is 110 cm³/mol. The molecule has 0 spiro atoms. The summed E-state index contributed by atoms with van der Waals surface area (Å²) in [6, 6.07) is 7.65. The van der Waals surface area contributed by atoms with E-state index in [0.717, 1.165) is 16.0 Å². The second kappa shape index (κ2) is 7.60. The highest BCUT2D eigenvalue weighted by molar-refractivity contribution is 9.10. The number of anilines is 2. The molecule has 10 heteroatoms. The van der Waals surface area contributed by atoms with E-state index < -0.39 is 35.6 Å². The number of carbonyl (C=O) groups excluding carboxylic acids is 3. The summed E-state index contributed by atoms with van der Waals surface area (Å²) in [6.07, 6.45) is 0. The first-order valence-electron chi connectivity index (χ1n) is 9.13. The number of benzene rings is 2. The third-order valence-electron chi connectivity index (χ3n) is 4.83. The Morgan fingerprint density at radius 2 is 1.83 bits per heavy atom. The van der Waals surface area contributed by atoms with E-state index in [1.54, 1.807) is 18.2 Å². The molecular weight excluding hydrogens is 457 g/mol. The van der Waals surface area contributed by atoms with Crippen LogP contribution in [0.15, 0.2) is 51.2 Å². The maximum atomic E-state index is 14.0. The minimum absolute atomic E-state index is 0.00146. The fraction of sp³-hybridized carbons (Fsp3) is 0.250. The fourth-order valence-electron chi connectivity index (χ4n) is 3.62. The number of carbonyl (C=O) groups is 3. The fourth-order valence-corrected chi connectivity index (χ4v) is 3.95. The zero-order valence-electron chi connectivity index (χ0n) is 16.1. The summed E-state index contributed by atoms with van der Waals surface area (Å²) < 4.78 is 14.5. The molecule has 4 rings (SSSR count). The Morgan fingerprint density at radius 1 is 1.13 bits per heavy atom. The topological polar surface area (TPSA) is 94.4 Å². The van der Waals surface area contributed by atoms with E-state index in [-0.39, 0.29) is 12.2 Å². The summed E-state index contributed by atoms with van der Waals surface area (Å²) in [5, 5.41) is 11.3. The zero-order chi connectivity index (χ0) is 21.6. The monoisotopic (exact) mass is 473 g/mol. The van der Waals surface area contributed by atoms with Crippen molar-refractivity contribution in [3.8, 4) is 0 Å². The van der Waals surface area contributed by atoms with Crippen LogP contribution in [0.3, 0.4) is 0 Å². The van der Waals surface area contributed by atoms with Crippen molar-refractivity contribution < 1.29 is 18.8 Å². The normalized spacial score (nSPS) is 20.1. The molecule has 0 unspecified atom stereocenters. The summed E-state index contributed by atoms with van der Waals surface area (Å²) in [5.41, 5.74) is 2.30. The smallest absolute Gasteiger partial charge is 0.263 e. The van der Waals surface area contributed by atoms with E-state index in [0.29, 0.717) is 10.2 Å². The van der Waals surface area contributed by atoms with Crippen LogP contribution in [0.5, 0.6) is 0 Å². The van der Waals surface area contributed by atoms with Crippen LogP contribution in [-0.4, -0.2) is 41.4 Å². The molecule has 1 saturated heterocycles. The van der Waals surface area contributed by atoms with E-state index in [1.165, 1.54) is 17.1 Å². The van der Waals surface area contributed by atoms with Crippen LogP contribution in [0.4, 0.5) is 15.8 Å². The Morgan fingerprint density at radius 3 is 2.50 bits per heavy atom. The van der Waals surface area contributed by atoms with E-state index >= 15 is 0 Å². The van der Waals surface area contributed by atoms with Crippen LogP contribution in [0, 0.1) is 19.7 Å². The van der Waals surface area contributed by atoms with Gasteiger partial charge in [0.1, 0.15) is 12.4 Å². The van der Waals surface area contributed by atoms with E-state index in [1.807, 2.05) is 19.9 Å². The largest absolute Gasteiger partial charge is 0.322 e. The van der Waals surface area contributed by atoms with Crippen LogP contribution in [0.25, 0.3) is 0 Å². The molecule has 0 bridgehead atoms. The molecule has 2 aromatic rings. The summed E-state index contributed by atoms with van der Waals surface area (Å²) in [5.74, 6) is -2.17. The molecule has 154 valence electrons. The molecule has 0 saturated carbocycles. The molecule has 0 aromatic heterocycles. The molecule has 3 amide bonds. The minimum atomic E-state index is -1.00. The molecule has 0 radical (unpaired) electrons. The maximum absolute atomic E-state index is 14.0. The van der Waals surface area contributed by atoms with Gasteiger partial charge in [-0.3, -0.25) is 19.4 Å². The molecule has 1 N–H and O–H groups in total. The standard InChI is InChI=1S/C20H17BrFN5O3/c1-10-5-11(2)7-13(6-10)27-19(29)17-18(20(27)30)26(25-24-17)9-16(28)23-15-4-3-12(21)8-14(15)22/h3-8,17-18H,9H2,1-2H3,(H,23,28)/t17-,18-/m1/s1. The quantitative estimate of drug-likeness (QED) is 0.690. The lowest BCUT2D eigenvalue weighted by atomic mass is 10.1. The molecule has 8 nitrogen and oxygen atoms in total. The van der Waals surface area contributed by atoms with Crippen molar-refractivity contribution in [2.45, 2.75) is 25.9 Å². The first-order valence-corrected chi connectivity index (χ1v) is 9.92. The van der Waals surface area contributed by atoms with Gasteiger partial charge in [-0.25, -0.2) is 9.29 Å². The summed E-state index contributed by atoms with van der Waals surface area (Å²) in [4.78, 5) is 39.3. The summed E-state index contributed by atoms with van der Waals surface area (Å²) >= 11 is 3.15. The Labute approximate surface area is 179 Å². The third kappa shape index (κ3) is 3.58. The van der Waals surface area contributed by atoms with Gasteiger partial charge in [-0.1, -0.05) is 27.2 Å². The lowest BCUT2D eigenvalue weighted by molar-refractivity contribution is -0.123. The molecular formula is C20H17BrFN5O3. The SMILES string of the molecule is Cc1cc(C)cc(N2C(=O)[C@@H]3N=NN(CC(=O)Nc4ccc(Br)cc4F)[C@H]3C2=O)c1. The molecule has 2 atom stereocenters. The second-order valence-corrected chi connectivity index (χ2v) is 8.14. The van der Waals surface area contributed by atoms with Gasteiger partial charge in [-0.05, 0) is 55.3 Å². The minimum Gasteiger partial charge on any atom is -0.322 e. The van der Waals surface area contributed by atoms with E-state index in [9.17, 15) is 18.8 Å². The third-order valence-corrected chi connectivity index (χ3v) is 5.33. The number of aryl methyl sites for hydroxylation is 2. The number of nitrogens with one attached hydrogen (secondary N) is 1. The van der Waals surface area contributed by atoms with Gasteiger partial charge in [0, 0.05) is 4.47 Å². The van der Waals surface area contributed by atoms with Crippen molar-refractivity contribution in [2.24, 2.45) is 10.3 Å². The Balaban J connectivity index is 1.51. The highest BCUT2D eigenvalue weighted by Gasteiger charge is 2.55. The summed E-state index contributed by atoms with van der Waals surface area (Å²) in [7, 11) is 0. The average molecular weight is 474 g/mol. The van der Waals surface area contributed by atoms with Crippen molar-refractivity contribution in [1.82, 2.24) is 5.01 Å². The van der Waals surface area contributed by atoms with Crippen molar-refractivity contribution >= 4 is 45.0 Å². The first kappa shape index (κ1) is 20.1. The number of imide groups is 1. The van der Waals surface area contributed by atoms with Gasteiger partial charge in [-0.15, -0.1) is 0 Å². The summed E-state index contributed by atoms with van der Waals surface area (Å²) in [6.45, 7) is 3.40. The Kier molecular flexibility index (Phi) is 5.10. The highest BCUT2D eigenvalue weighted by Crippen LogP contribution is 2.32. The molecule has 30 heavy (non-hydrogen) atoms. The van der Waals surface area contributed by atoms with Crippen LogP contribution >= 0.6 is 15.9 Å². The van der Waals surface area contributed by atoms with Gasteiger partial charge in [-0.2, -0.15) is 5.11 Å². The molecule has 1 fully saturated rings. The number of amides is 3. The molecule has 2 aromatic carbocycles. The number of halogens is 2. The number of rotatable bonds is 4. The van der Waals surface area contributed by atoms with Gasteiger partial charge in [0.05, 0.1) is 11.4 Å². The molecule has 2 heterocycles. The van der Waals surface area contributed by atoms with Crippen LogP contribution < -0.4 is 10.2 Å². The van der Waals surface area contributed by atoms with Crippen molar-refractivity contribution in [3.63, 3.8) is 0 Å². The van der Waals surface area contributed by atoms with Crippen LogP contribution in [0.2, 0.25) is 0 Å². The molecule has 2 aliphatic rings. The molecule has 2 aliphatic heterocycles. The van der Waals surface area contributed by atoms with Crippen LogP contribution in [0.1, 0.15) is 11.1 Å². The Hall–Kier alpha value is -3.14. The van der Waals surface area contributed by atoms with Gasteiger partial charge >= 0.3 is 0 Å². The van der Waals surface area contributed by atoms with Crippen LogP contribution in [-0.2, 0) is 14.4 Å². The molecule has 0 aliphatic carbocycles. The number of nitrogens with zero attached hydrogens (tertiary/aromatic N) is 4. The van der Waals surface area contributed by atoms with E-state index in [2.05, 4.69) is 31.6 Å². The lowest BCUT2D eigenvalue weighted by Crippen LogP contribution is -2.43. The second-order valence-electron chi connectivity index (χ2n) is 7.22. The van der Waals surface area contributed by atoms with Crippen molar-refractivity contribution in [2.75, 3.05) is 16.8 Å². The van der Waals surface area contributed by atoms with Gasteiger partial charge in [0.15, 0.2) is 12.1 Å². The van der Waals surface area contributed by atoms with Crippen molar-refractivity contribution in [3.05, 3.63) is 57.8 Å². The van der Waals surface area contributed by atoms with E-state index in [4.69, 9.17) is 0 Å². The van der Waals surface area contributed by atoms with Gasteiger partial charge in [0.25, 0.3) is 11.8 Å². The first-order chi connectivity index (χ1) is 14.2. The van der Waals surface area contributed by atoms with Crippen molar-refractivity contribution in [1.29, 1.82) is 0 Å². The Bertz CT molecular complexity index is 1090. The average Bonchev–Trinajstić information content (AvgIpc) is 3.17. The lowest BCUT2D eigenvalue weighted by Gasteiger charge is -2.20. The van der Waals surface area contributed by atoms with Gasteiger partial charge < -0.3 is 5.32 Å². The predicted octanol–water partition coefficient (Wildman–Crippen LogP) is 3.14.